The van der Waals surface area contributed by atoms with Crippen molar-refractivity contribution in [3.05, 3.63) is 83.4 Å². The van der Waals surface area contributed by atoms with E-state index in [0.717, 1.165) is 5.56 Å². The summed E-state index contributed by atoms with van der Waals surface area (Å²) >= 11 is 0. The lowest BCUT2D eigenvalue weighted by Gasteiger charge is -2.21. The van der Waals surface area contributed by atoms with Gasteiger partial charge in [-0.1, -0.05) is 45.0 Å². The van der Waals surface area contributed by atoms with Crippen LogP contribution in [0.3, 0.4) is 0 Å². The van der Waals surface area contributed by atoms with Crippen LogP contribution in [0.25, 0.3) is 0 Å². The van der Waals surface area contributed by atoms with Crippen molar-refractivity contribution >= 4 is 27.4 Å². The van der Waals surface area contributed by atoms with Crippen molar-refractivity contribution in [2.45, 2.75) is 38.0 Å². The van der Waals surface area contributed by atoms with E-state index in [0.29, 0.717) is 11.3 Å². The van der Waals surface area contributed by atoms with E-state index < -0.39 is 15.9 Å². The second-order valence-electron chi connectivity index (χ2n) is 8.64. The maximum Gasteiger partial charge on any atom is 0.259 e. The van der Waals surface area contributed by atoms with Gasteiger partial charge in [0.05, 0.1) is 16.0 Å². The van der Waals surface area contributed by atoms with Crippen molar-refractivity contribution in [2.75, 3.05) is 5.32 Å². The van der Waals surface area contributed by atoms with E-state index in [2.05, 4.69) is 5.32 Å². The smallest absolute Gasteiger partial charge is 0.259 e. The lowest BCUT2D eigenvalue weighted by molar-refractivity contribution is 0.101. The normalized spacial score (nSPS) is 11.7. The second kappa shape index (κ2) is 9.17. The predicted octanol–water partition coefficient (Wildman–Crippen LogP) is 5.62. The first-order valence-corrected chi connectivity index (χ1v) is 11.8. The van der Waals surface area contributed by atoms with Crippen molar-refractivity contribution in [1.82, 2.24) is 0 Å². The maximum absolute atomic E-state index is 13.1. The van der Waals surface area contributed by atoms with Gasteiger partial charge >= 0.3 is 0 Å². The maximum atomic E-state index is 13.1. The minimum Gasteiger partial charge on any atom is -0.456 e. The number of hydrogen-bond acceptors (Lipinski definition) is 5. The number of carbonyl (C=O) groups is 2. The van der Waals surface area contributed by atoms with Crippen LogP contribution < -0.4 is 15.2 Å². The third-order valence-electron chi connectivity index (χ3n) is 5.00. The SMILES string of the molecule is CC(=O)c1ccccc1Oc1cc(C(C)(C)C)ccc1C(=O)Nc1cccc(S(N)(=O)=O)c1.[HH].[HH].[HH]. The summed E-state index contributed by atoms with van der Waals surface area (Å²) in [5.41, 5.74) is 1.61. The lowest BCUT2D eigenvalue weighted by Crippen LogP contribution is -2.17. The van der Waals surface area contributed by atoms with Gasteiger partial charge in [0.1, 0.15) is 11.5 Å². The van der Waals surface area contributed by atoms with Gasteiger partial charge in [-0.3, -0.25) is 9.59 Å². The Morgan fingerprint density at radius 1 is 0.909 bits per heavy atom. The van der Waals surface area contributed by atoms with Gasteiger partial charge in [-0.05, 0) is 60.4 Å². The van der Waals surface area contributed by atoms with Crippen molar-refractivity contribution in [3.8, 4) is 11.5 Å². The van der Waals surface area contributed by atoms with Crippen molar-refractivity contribution in [1.29, 1.82) is 0 Å². The Kier molecular flexibility index (Phi) is 6.71. The van der Waals surface area contributed by atoms with Crippen molar-refractivity contribution < 1.29 is 27.0 Å². The molecule has 0 bridgehead atoms. The van der Waals surface area contributed by atoms with Crippen LogP contribution in [0, 0.1) is 0 Å². The minimum atomic E-state index is -3.92. The van der Waals surface area contributed by atoms with E-state index >= 15 is 0 Å². The predicted molar refractivity (Wildman–Crippen MR) is 134 cm³/mol. The average molecular weight is 473 g/mol. The quantitative estimate of drug-likeness (QED) is 0.452. The number of Topliss-reactive ketones (excluding diaryl/α,β-unsaturated/α-hetero) is 1. The molecule has 178 valence electrons. The third kappa shape index (κ3) is 5.85. The zero-order valence-electron chi connectivity index (χ0n) is 18.9. The Labute approximate surface area is 198 Å². The molecule has 0 heterocycles. The summed E-state index contributed by atoms with van der Waals surface area (Å²) in [7, 11) is -3.92. The average Bonchev–Trinajstić information content (AvgIpc) is 2.73. The fourth-order valence-corrected chi connectivity index (χ4v) is 3.73. The molecule has 1 amide bonds. The summed E-state index contributed by atoms with van der Waals surface area (Å²) < 4.78 is 29.3. The number of nitrogens with one attached hydrogen (secondary N) is 1. The van der Waals surface area contributed by atoms with Crippen LogP contribution in [0.1, 0.15) is 58.3 Å². The van der Waals surface area contributed by atoms with Crippen LogP contribution in [0.5, 0.6) is 11.5 Å². The zero-order valence-corrected chi connectivity index (χ0v) is 19.7. The molecule has 7 nitrogen and oxygen atoms in total. The molecule has 0 radical (unpaired) electrons. The zero-order chi connectivity index (χ0) is 24.4. The number of amides is 1. The highest BCUT2D eigenvalue weighted by Crippen LogP contribution is 2.33. The molecule has 8 heteroatoms. The molecule has 0 aliphatic rings. The molecule has 0 aliphatic heterocycles. The first-order valence-electron chi connectivity index (χ1n) is 10.2. The van der Waals surface area contributed by atoms with Gasteiger partial charge < -0.3 is 10.1 Å². The standard InChI is InChI=1S/C25H26N2O5S.3H2/c1-16(28)20-10-5-6-11-22(20)32-23-14-17(25(2,3)4)12-13-21(23)24(29)27-18-8-7-9-19(15-18)33(26,30)31;;;/h5-15H,1-4H3,(H,27,29)(H2,26,30,31);3*1H. The molecule has 0 unspecified atom stereocenters. The van der Waals surface area contributed by atoms with E-state index in [9.17, 15) is 18.0 Å². The number of nitrogens with two attached hydrogens (primary N) is 1. The molecule has 3 rings (SSSR count). The van der Waals surface area contributed by atoms with Crippen molar-refractivity contribution in [3.63, 3.8) is 0 Å². The summed E-state index contributed by atoms with van der Waals surface area (Å²) in [6.07, 6.45) is 0. The van der Waals surface area contributed by atoms with Crippen molar-refractivity contribution in [2.24, 2.45) is 5.14 Å². The third-order valence-corrected chi connectivity index (χ3v) is 5.91. The molecule has 0 aromatic heterocycles. The molecule has 3 N–H and O–H groups in total. The number of sulfonamides is 1. The summed E-state index contributed by atoms with van der Waals surface area (Å²) in [5, 5.41) is 7.87. The number of ketones is 1. The van der Waals surface area contributed by atoms with E-state index in [1.807, 2.05) is 26.8 Å². The summed E-state index contributed by atoms with van der Waals surface area (Å²) in [6, 6.07) is 17.7. The van der Waals surface area contributed by atoms with Gasteiger partial charge in [0, 0.05) is 9.97 Å². The van der Waals surface area contributed by atoms with Gasteiger partial charge in [0.15, 0.2) is 5.78 Å². The summed E-state index contributed by atoms with van der Waals surface area (Å²) in [4.78, 5) is 25.0. The van der Waals surface area contributed by atoms with Crippen LogP contribution in [-0.2, 0) is 15.4 Å². The van der Waals surface area contributed by atoms with Gasteiger partial charge in [0.25, 0.3) is 5.91 Å². The number of benzene rings is 3. The van der Waals surface area contributed by atoms with Gasteiger partial charge in [0.2, 0.25) is 10.0 Å². The molecule has 0 aliphatic carbocycles. The van der Waals surface area contributed by atoms with E-state index in [1.165, 1.54) is 25.1 Å². The van der Waals surface area contributed by atoms with Crippen LogP contribution in [0.2, 0.25) is 0 Å². The minimum absolute atomic E-state index is 0. The first-order chi connectivity index (χ1) is 15.4. The molecule has 0 saturated heterocycles. The molecule has 0 fully saturated rings. The molecule has 3 aromatic carbocycles. The van der Waals surface area contributed by atoms with Crippen LogP contribution >= 0.6 is 0 Å². The van der Waals surface area contributed by atoms with Gasteiger partial charge in [-0.15, -0.1) is 0 Å². The molecule has 0 saturated carbocycles. The van der Waals surface area contributed by atoms with Crippen LogP contribution in [-0.4, -0.2) is 20.1 Å². The highest BCUT2D eigenvalue weighted by atomic mass is 32.2. The number of anilines is 1. The highest BCUT2D eigenvalue weighted by molar-refractivity contribution is 7.89. The molecule has 3 aromatic rings. The first kappa shape index (κ1) is 24.2. The van der Waals surface area contributed by atoms with Gasteiger partial charge in [-0.2, -0.15) is 0 Å². The molecular weight excluding hydrogens is 440 g/mol. The van der Waals surface area contributed by atoms with Crippen LogP contribution in [0.4, 0.5) is 5.69 Å². The van der Waals surface area contributed by atoms with Crippen LogP contribution in [0.15, 0.2) is 71.6 Å². The van der Waals surface area contributed by atoms with E-state index in [1.54, 1.807) is 42.5 Å². The number of rotatable bonds is 6. The van der Waals surface area contributed by atoms with E-state index in [4.69, 9.17) is 9.88 Å². The molecule has 0 spiro atoms. The summed E-state index contributed by atoms with van der Waals surface area (Å²) in [6.45, 7) is 7.55. The Morgan fingerprint density at radius 3 is 2.24 bits per heavy atom. The Bertz CT molecular complexity index is 1340. The molecule has 33 heavy (non-hydrogen) atoms. The second-order valence-corrected chi connectivity index (χ2v) is 10.2. The monoisotopic (exact) mass is 472 g/mol. The fourth-order valence-electron chi connectivity index (χ4n) is 3.18. The Hall–Kier alpha value is -3.49. The fraction of sp³-hybridized carbons (Fsp3) is 0.200. The molecule has 0 atom stereocenters. The van der Waals surface area contributed by atoms with Gasteiger partial charge in [-0.25, -0.2) is 13.6 Å². The largest absolute Gasteiger partial charge is 0.456 e. The Balaban J connectivity index is 0.00000408. The topological polar surface area (TPSA) is 116 Å². The van der Waals surface area contributed by atoms with E-state index in [-0.39, 0.29) is 37.4 Å². The summed E-state index contributed by atoms with van der Waals surface area (Å²) in [5.74, 6) is -0.0571. The number of para-hydroxylation sites is 1. The lowest BCUT2D eigenvalue weighted by atomic mass is 9.86. The highest BCUT2D eigenvalue weighted by Gasteiger charge is 2.21. The number of hydrogen-bond donors (Lipinski definition) is 2. The molecular formula is C25H32N2O5S. The number of primary sulfonamides is 1. The Morgan fingerprint density at radius 2 is 1.61 bits per heavy atom. The number of carbonyl (C=O) groups excluding carboxylic acids is 2. The number of ether oxygens (including phenoxy) is 1.